The Labute approximate surface area is 164 Å². The van der Waals surface area contributed by atoms with Gasteiger partial charge in [0.1, 0.15) is 5.75 Å². The van der Waals surface area contributed by atoms with Gasteiger partial charge in [0.25, 0.3) is 0 Å². The number of hydrogen-bond donors (Lipinski definition) is 2. The van der Waals surface area contributed by atoms with Crippen molar-refractivity contribution in [2.45, 2.75) is 31.3 Å². The minimum absolute atomic E-state index is 0.175. The Bertz CT molecular complexity index is 987. The van der Waals surface area contributed by atoms with Crippen molar-refractivity contribution in [3.63, 3.8) is 0 Å². The van der Waals surface area contributed by atoms with Crippen molar-refractivity contribution in [2.24, 2.45) is 5.92 Å². The van der Waals surface area contributed by atoms with Gasteiger partial charge >= 0.3 is 0 Å². The van der Waals surface area contributed by atoms with E-state index in [1.165, 1.54) is 6.42 Å². The Morgan fingerprint density at radius 3 is 2.71 bits per heavy atom. The van der Waals surface area contributed by atoms with E-state index in [-0.39, 0.29) is 11.3 Å². The number of rotatable bonds is 4. The fourth-order valence-electron chi connectivity index (χ4n) is 4.75. The highest BCUT2D eigenvalue weighted by atomic mass is 16.3. The third kappa shape index (κ3) is 2.82. The van der Waals surface area contributed by atoms with Crippen LogP contribution in [-0.4, -0.2) is 50.0 Å². The number of anilines is 1. The summed E-state index contributed by atoms with van der Waals surface area (Å²) >= 11 is 0. The number of fused-ring (bicyclic) bond motifs is 2. The first kappa shape index (κ1) is 17.2. The maximum atomic E-state index is 10.5. The van der Waals surface area contributed by atoms with Crippen molar-refractivity contribution in [1.82, 2.24) is 25.1 Å². The van der Waals surface area contributed by atoms with Crippen molar-refractivity contribution in [3.05, 3.63) is 49.1 Å². The normalized spacial score (nSPS) is 25.9. The van der Waals surface area contributed by atoms with Gasteiger partial charge in [0, 0.05) is 49.2 Å². The molecule has 144 valence electrons. The molecule has 1 aromatic carbocycles. The number of aromatic hydroxyl groups is 1. The monoisotopic (exact) mass is 376 g/mol. The Kier molecular flexibility index (Phi) is 3.87. The zero-order valence-electron chi connectivity index (χ0n) is 16.1. The minimum atomic E-state index is 0.175. The standard InChI is InChI=1S/C21H24N6O/c1-21-10-14(12-23-21)18(11-21)26(2)20-6-5-17(24-25-20)16-4-3-15(9-19(16)28)27-8-7-22-13-27/h3-9,13-14,18,23,28H,10-12H2,1-2H3/t14?,18-,21+/m1/s1. The van der Waals surface area contributed by atoms with Crippen molar-refractivity contribution in [2.75, 3.05) is 18.5 Å². The highest BCUT2D eigenvalue weighted by Crippen LogP contribution is 2.42. The average Bonchev–Trinajstić information content (AvgIpc) is 3.43. The number of imidazole rings is 1. The molecule has 3 heterocycles. The van der Waals surface area contributed by atoms with Crippen LogP contribution in [0.4, 0.5) is 5.82 Å². The molecule has 2 aromatic heterocycles. The molecule has 2 N–H and O–H groups in total. The summed E-state index contributed by atoms with van der Waals surface area (Å²) in [4.78, 5) is 6.30. The molecule has 1 unspecified atom stereocenters. The number of nitrogens with one attached hydrogen (secondary N) is 1. The molecule has 5 rings (SSSR count). The molecule has 1 aliphatic carbocycles. The van der Waals surface area contributed by atoms with Gasteiger partial charge in [0.15, 0.2) is 5.82 Å². The largest absolute Gasteiger partial charge is 0.507 e. The van der Waals surface area contributed by atoms with E-state index in [0.717, 1.165) is 24.5 Å². The summed E-state index contributed by atoms with van der Waals surface area (Å²) in [6, 6.07) is 9.92. The van der Waals surface area contributed by atoms with Crippen LogP contribution in [-0.2, 0) is 0 Å². The minimum Gasteiger partial charge on any atom is -0.507 e. The molecule has 0 spiro atoms. The van der Waals surface area contributed by atoms with E-state index in [1.54, 1.807) is 18.6 Å². The van der Waals surface area contributed by atoms with E-state index in [4.69, 9.17) is 0 Å². The average molecular weight is 376 g/mol. The van der Waals surface area contributed by atoms with Crippen molar-refractivity contribution < 1.29 is 5.11 Å². The topological polar surface area (TPSA) is 79.1 Å². The first-order valence-corrected chi connectivity index (χ1v) is 9.66. The predicted molar refractivity (Wildman–Crippen MR) is 108 cm³/mol. The molecule has 7 heteroatoms. The Morgan fingerprint density at radius 2 is 2.11 bits per heavy atom. The van der Waals surface area contributed by atoms with Gasteiger partial charge in [-0.2, -0.15) is 0 Å². The Hall–Kier alpha value is -2.93. The molecule has 2 aliphatic rings. The summed E-state index contributed by atoms with van der Waals surface area (Å²) in [7, 11) is 2.11. The second kappa shape index (κ2) is 6.31. The zero-order chi connectivity index (χ0) is 19.3. The highest BCUT2D eigenvalue weighted by Gasteiger charge is 2.49. The van der Waals surface area contributed by atoms with Crippen LogP contribution in [0.3, 0.4) is 0 Å². The number of benzene rings is 1. The smallest absolute Gasteiger partial charge is 0.151 e. The fourth-order valence-corrected chi connectivity index (χ4v) is 4.75. The summed E-state index contributed by atoms with van der Waals surface area (Å²) in [6.07, 6.45) is 7.60. The summed E-state index contributed by atoms with van der Waals surface area (Å²) in [5.41, 5.74) is 2.44. The number of piperidine rings is 1. The predicted octanol–water partition coefficient (Wildman–Crippen LogP) is 2.61. The molecule has 1 saturated carbocycles. The highest BCUT2D eigenvalue weighted by molar-refractivity contribution is 5.69. The molecule has 1 aliphatic heterocycles. The summed E-state index contributed by atoms with van der Waals surface area (Å²) in [6.45, 7) is 3.39. The van der Waals surface area contributed by atoms with Crippen LogP contribution >= 0.6 is 0 Å². The van der Waals surface area contributed by atoms with Gasteiger partial charge in [-0.05, 0) is 49.9 Å². The van der Waals surface area contributed by atoms with E-state index in [0.29, 0.717) is 23.2 Å². The molecular formula is C21H24N6O. The summed E-state index contributed by atoms with van der Waals surface area (Å²) in [5, 5.41) is 22.9. The number of phenols is 1. The van der Waals surface area contributed by atoms with Crippen molar-refractivity contribution in [3.8, 4) is 22.7 Å². The molecule has 7 nitrogen and oxygen atoms in total. The second-order valence-electron chi connectivity index (χ2n) is 8.24. The number of nitrogens with zero attached hydrogens (tertiary/aromatic N) is 5. The van der Waals surface area contributed by atoms with Gasteiger partial charge in [-0.1, -0.05) is 0 Å². The molecule has 3 atom stereocenters. The number of phenolic OH excluding ortho intramolecular Hbond substituents is 1. The Balaban J connectivity index is 1.37. The third-order valence-corrected chi connectivity index (χ3v) is 6.28. The van der Waals surface area contributed by atoms with Crippen molar-refractivity contribution in [1.29, 1.82) is 0 Å². The van der Waals surface area contributed by atoms with Gasteiger partial charge in [0.2, 0.25) is 0 Å². The van der Waals surface area contributed by atoms with E-state index < -0.39 is 0 Å². The van der Waals surface area contributed by atoms with Crippen LogP contribution in [0.1, 0.15) is 19.8 Å². The van der Waals surface area contributed by atoms with Gasteiger partial charge < -0.3 is 19.9 Å². The van der Waals surface area contributed by atoms with Crippen LogP contribution in [0.5, 0.6) is 5.75 Å². The fraction of sp³-hybridized carbons (Fsp3) is 0.381. The third-order valence-electron chi connectivity index (χ3n) is 6.28. The second-order valence-corrected chi connectivity index (χ2v) is 8.24. The van der Waals surface area contributed by atoms with Crippen LogP contribution in [0, 0.1) is 5.92 Å². The SMILES string of the molecule is CN(c1ccc(-c2ccc(-n3ccnc3)cc2O)nn1)[C@@H]1C[C@]2(C)CC1CN2. The maximum absolute atomic E-state index is 10.5. The number of aromatic nitrogens is 4. The Morgan fingerprint density at radius 1 is 1.21 bits per heavy atom. The lowest BCUT2D eigenvalue weighted by Crippen LogP contribution is -2.47. The van der Waals surface area contributed by atoms with E-state index >= 15 is 0 Å². The molecule has 1 saturated heterocycles. The molecule has 2 bridgehead atoms. The lowest BCUT2D eigenvalue weighted by molar-refractivity contribution is 0.356. The van der Waals surface area contributed by atoms with Crippen LogP contribution in [0.2, 0.25) is 0 Å². The van der Waals surface area contributed by atoms with Crippen LogP contribution < -0.4 is 10.2 Å². The van der Waals surface area contributed by atoms with Crippen LogP contribution in [0.15, 0.2) is 49.1 Å². The lowest BCUT2D eigenvalue weighted by atomic mass is 9.99. The van der Waals surface area contributed by atoms with Gasteiger partial charge in [-0.25, -0.2) is 4.98 Å². The molecular weight excluding hydrogens is 352 g/mol. The zero-order valence-corrected chi connectivity index (χ0v) is 16.1. The lowest BCUT2D eigenvalue weighted by Gasteiger charge is -2.34. The molecule has 0 amide bonds. The van der Waals surface area contributed by atoms with Crippen LogP contribution in [0.25, 0.3) is 16.9 Å². The van der Waals surface area contributed by atoms with E-state index in [2.05, 4.69) is 39.4 Å². The first-order chi connectivity index (χ1) is 13.5. The molecule has 0 radical (unpaired) electrons. The van der Waals surface area contributed by atoms with Gasteiger partial charge in [-0.3, -0.25) is 0 Å². The van der Waals surface area contributed by atoms with Gasteiger partial charge in [0.05, 0.1) is 17.7 Å². The summed E-state index contributed by atoms with van der Waals surface area (Å²) < 4.78 is 1.85. The number of hydrogen-bond acceptors (Lipinski definition) is 6. The van der Waals surface area contributed by atoms with Crippen molar-refractivity contribution >= 4 is 5.82 Å². The van der Waals surface area contributed by atoms with E-state index in [9.17, 15) is 5.11 Å². The van der Waals surface area contributed by atoms with Gasteiger partial charge in [-0.15, -0.1) is 10.2 Å². The molecule has 2 fully saturated rings. The quantitative estimate of drug-likeness (QED) is 0.729. The first-order valence-electron chi connectivity index (χ1n) is 9.66. The van der Waals surface area contributed by atoms with E-state index in [1.807, 2.05) is 35.0 Å². The maximum Gasteiger partial charge on any atom is 0.151 e. The summed E-state index contributed by atoms with van der Waals surface area (Å²) in [5.74, 6) is 1.71. The molecule has 28 heavy (non-hydrogen) atoms. The molecule has 3 aromatic rings.